The van der Waals surface area contributed by atoms with Crippen molar-refractivity contribution in [3.63, 3.8) is 0 Å². The van der Waals surface area contributed by atoms with Gasteiger partial charge in [-0.1, -0.05) is 6.08 Å². The summed E-state index contributed by atoms with van der Waals surface area (Å²) in [6, 6.07) is 8.90. The molecular formula is C19H19FO4. The maximum absolute atomic E-state index is 12.9. The van der Waals surface area contributed by atoms with Crippen LogP contribution in [0.5, 0.6) is 17.2 Å². The van der Waals surface area contributed by atoms with Gasteiger partial charge in [0.1, 0.15) is 5.82 Å². The summed E-state index contributed by atoms with van der Waals surface area (Å²) in [7, 11) is 3.07. The molecule has 0 spiro atoms. The third-order valence-electron chi connectivity index (χ3n) is 3.33. The Morgan fingerprint density at radius 2 is 1.67 bits per heavy atom. The Balaban J connectivity index is 2.28. The van der Waals surface area contributed by atoms with Gasteiger partial charge in [-0.25, -0.2) is 4.39 Å². The highest BCUT2D eigenvalue weighted by molar-refractivity contribution is 6.06. The summed E-state index contributed by atoms with van der Waals surface area (Å²) in [4.78, 5) is 12.1. The summed E-state index contributed by atoms with van der Waals surface area (Å²) in [5.41, 5.74) is 1.14. The molecule has 0 amide bonds. The number of rotatable bonds is 7. The number of benzene rings is 2. The molecular weight excluding hydrogens is 311 g/mol. The van der Waals surface area contributed by atoms with Gasteiger partial charge in [-0.2, -0.15) is 0 Å². The van der Waals surface area contributed by atoms with Crippen LogP contribution in [-0.4, -0.2) is 26.6 Å². The van der Waals surface area contributed by atoms with Gasteiger partial charge in [0.2, 0.25) is 5.75 Å². The molecule has 0 atom stereocenters. The van der Waals surface area contributed by atoms with Gasteiger partial charge in [-0.3, -0.25) is 4.79 Å². The lowest BCUT2D eigenvalue weighted by Crippen LogP contribution is -1.99. The van der Waals surface area contributed by atoms with Crippen molar-refractivity contribution in [3.05, 3.63) is 59.4 Å². The van der Waals surface area contributed by atoms with E-state index in [4.69, 9.17) is 14.2 Å². The number of halogens is 1. The van der Waals surface area contributed by atoms with E-state index in [9.17, 15) is 9.18 Å². The van der Waals surface area contributed by atoms with E-state index in [-0.39, 0.29) is 11.6 Å². The lowest BCUT2D eigenvalue weighted by molar-refractivity contribution is 0.104. The molecule has 0 unspecified atom stereocenters. The van der Waals surface area contributed by atoms with Crippen molar-refractivity contribution >= 4 is 11.9 Å². The van der Waals surface area contributed by atoms with E-state index < -0.39 is 0 Å². The number of carbonyl (C=O) groups is 1. The van der Waals surface area contributed by atoms with E-state index >= 15 is 0 Å². The Morgan fingerprint density at radius 3 is 2.17 bits per heavy atom. The number of allylic oxidation sites excluding steroid dienone is 1. The van der Waals surface area contributed by atoms with Crippen LogP contribution in [0, 0.1) is 5.82 Å². The van der Waals surface area contributed by atoms with Crippen LogP contribution < -0.4 is 14.2 Å². The Hall–Kier alpha value is -2.82. The van der Waals surface area contributed by atoms with Crippen LogP contribution in [0.25, 0.3) is 6.08 Å². The van der Waals surface area contributed by atoms with E-state index in [1.165, 1.54) is 44.6 Å². The molecule has 2 aromatic rings. The Morgan fingerprint density at radius 1 is 1.08 bits per heavy atom. The predicted molar refractivity (Wildman–Crippen MR) is 90.5 cm³/mol. The maximum atomic E-state index is 12.9. The second-order valence-electron chi connectivity index (χ2n) is 4.89. The van der Waals surface area contributed by atoms with E-state index in [0.29, 0.717) is 29.4 Å². The summed E-state index contributed by atoms with van der Waals surface area (Å²) in [6.07, 6.45) is 3.06. The number of ether oxygens (including phenoxy) is 3. The molecule has 0 saturated carbocycles. The maximum Gasteiger partial charge on any atom is 0.203 e. The van der Waals surface area contributed by atoms with E-state index in [1.807, 2.05) is 6.92 Å². The third-order valence-corrected chi connectivity index (χ3v) is 3.33. The van der Waals surface area contributed by atoms with Gasteiger partial charge in [-0.15, -0.1) is 0 Å². The average molecular weight is 330 g/mol. The number of hydrogen-bond acceptors (Lipinski definition) is 4. The zero-order valence-electron chi connectivity index (χ0n) is 13.8. The highest BCUT2D eigenvalue weighted by Crippen LogP contribution is 2.38. The summed E-state index contributed by atoms with van der Waals surface area (Å²) < 4.78 is 29.1. The van der Waals surface area contributed by atoms with Crippen molar-refractivity contribution in [1.29, 1.82) is 0 Å². The van der Waals surface area contributed by atoms with Crippen molar-refractivity contribution in [2.24, 2.45) is 0 Å². The largest absolute Gasteiger partial charge is 0.493 e. The minimum Gasteiger partial charge on any atom is -0.493 e. The minimum atomic E-state index is -0.378. The quantitative estimate of drug-likeness (QED) is 0.565. The summed E-state index contributed by atoms with van der Waals surface area (Å²) in [5.74, 6) is 0.956. The second kappa shape index (κ2) is 8.15. The molecule has 0 N–H and O–H groups in total. The Bertz CT molecular complexity index is 711. The molecule has 0 aliphatic heterocycles. The van der Waals surface area contributed by atoms with Gasteiger partial charge in [0.05, 0.1) is 20.8 Å². The van der Waals surface area contributed by atoms with Gasteiger partial charge < -0.3 is 14.2 Å². The highest BCUT2D eigenvalue weighted by atomic mass is 19.1. The van der Waals surface area contributed by atoms with Crippen molar-refractivity contribution in [2.75, 3.05) is 20.8 Å². The van der Waals surface area contributed by atoms with Gasteiger partial charge in [0.25, 0.3) is 0 Å². The van der Waals surface area contributed by atoms with Crippen LogP contribution in [0.2, 0.25) is 0 Å². The topological polar surface area (TPSA) is 44.8 Å². The number of ketones is 1. The lowest BCUT2D eigenvalue weighted by Gasteiger charge is -2.14. The zero-order chi connectivity index (χ0) is 17.5. The van der Waals surface area contributed by atoms with Crippen molar-refractivity contribution in [1.82, 2.24) is 0 Å². The van der Waals surface area contributed by atoms with Crippen LogP contribution >= 0.6 is 0 Å². The monoisotopic (exact) mass is 330 g/mol. The fourth-order valence-corrected chi connectivity index (χ4v) is 2.17. The SMILES string of the molecule is CCOc1c(OC)cc(C=CC(=O)c2ccc(F)cc2)cc1OC. The fourth-order valence-electron chi connectivity index (χ4n) is 2.17. The number of hydrogen-bond donors (Lipinski definition) is 0. The van der Waals surface area contributed by atoms with Crippen LogP contribution in [0.1, 0.15) is 22.8 Å². The first-order valence-corrected chi connectivity index (χ1v) is 7.45. The molecule has 24 heavy (non-hydrogen) atoms. The molecule has 4 nitrogen and oxygen atoms in total. The Labute approximate surface area is 140 Å². The van der Waals surface area contributed by atoms with Gasteiger partial charge in [-0.05, 0) is 55.0 Å². The predicted octanol–water partition coefficient (Wildman–Crippen LogP) is 4.14. The van der Waals surface area contributed by atoms with Crippen LogP contribution in [-0.2, 0) is 0 Å². The summed E-state index contributed by atoms with van der Waals surface area (Å²) in [6.45, 7) is 2.35. The first kappa shape index (κ1) is 17.5. The molecule has 0 aliphatic carbocycles. The van der Waals surface area contributed by atoms with Gasteiger partial charge in [0, 0.05) is 5.56 Å². The van der Waals surface area contributed by atoms with Crippen molar-refractivity contribution in [2.45, 2.75) is 6.92 Å². The normalized spacial score (nSPS) is 10.7. The highest BCUT2D eigenvalue weighted by Gasteiger charge is 2.13. The lowest BCUT2D eigenvalue weighted by atomic mass is 10.1. The zero-order valence-corrected chi connectivity index (χ0v) is 13.8. The molecule has 0 bridgehead atoms. The number of methoxy groups -OCH3 is 2. The van der Waals surface area contributed by atoms with Crippen molar-refractivity contribution in [3.8, 4) is 17.2 Å². The molecule has 0 radical (unpaired) electrons. The number of carbonyl (C=O) groups excluding carboxylic acids is 1. The molecule has 2 aromatic carbocycles. The standard InChI is InChI=1S/C19H19FO4/c1-4-24-19-17(22-2)11-13(12-18(19)23-3)5-10-16(21)14-6-8-15(20)9-7-14/h5-12H,4H2,1-3H3. The van der Waals surface area contributed by atoms with Crippen LogP contribution in [0.3, 0.4) is 0 Å². The molecule has 5 heteroatoms. The smallest absolute Gasteiger partial charge is 0.203 e. The molecule has 126 valence electrons. The molecule has 0 saturated heterocycles. The minimum absolute atomic E-state index is 0.221. The molecule has 2 rings (SSSR count). The molecule has 0 aromatic heterocycles. The molecule has 0 fully saturated rings. The van der Waals surface area contributed by atoms with Gasteiger partial charge >= 0.3 is 0 Å². The summed E-state index contributed by atoms with van der Waals surface area (Å²) >= 11 is 0. The second-order valence-corrected chi connectivity index (χ2v) is 4.89. The Kier molecular flexibility index (Phi) is 5.95. The van der Waals surface area contributed by atoms with E-state index in [2.05, 4.69) is 0 Å². The first-order valence-electron chi connectivity index (χ1n) is 7.45. The molecule has 0 aliphatic rings. The van der Waals surface area contributed by atoms with Crippen molar-refractivity contribution < 1.29 is 23.4 Å². The van der Waals surface area contributed by atoms with E-state index in [1.54, 1.807) is 18.2 Å². The van der Waals surface area contributed by atoms with Crippen LogP contribution in [0.15, 0.2) is 42.5 Å². The van der Waals surface area contributed by atoms with Crippen LogP contribution in [0.4, 0.5) is 4.39 Å². The average Bonchev–Trinajstić information content (AvgIpc) is 2.61. The molecule has 0 heterocycles. The first-order chi connectivity index (χ1) is 11.6. The summed E-state index contributed by atoms with van der Waals surface area (Å²) in [5, 5.41) is 0. The van der Waals surface area contributed by atoms with Gasteiger partial charge in [0.15, 0.2) is 17.3 Å². The fraction of sp³-hybridized carbons (Fsp3) is 0.211. The van der Waals surface area contributed by atoms with E-state index in [0.717, 1.165) is 5.56 Å². The third kappa shape index (κ3) is 4.13.